The van der Waals surface area contributed by atoms with Gasteiger partial charge in [-0.2, -0.15) is 0 Å². The molecule has 1 aliphatic heterocycles. The molecule has 5 heteroatoms. The van der Waals surface area contributed by atoms with Gasteiger partial charge >= 0.3 is 0 Å². The van der Waals surface area contributed by atoms with Gasteiger partial charge in [0.1, 0.15) is 5.76 Å². The summed E-state index contributed by atoms with van der Waals surface area (Å²) in [5, 5.41) is 11.0. The molecule has 0 aromatic heterocycles. The third-order valence-corrected chi connectivity index (χ3v) is 5.25. The van der Waals surface area contributed by atoms with Crippen LogP contribution in [0.15, 0.2) is 90.5 Å². The van der Waals surface area contributed by atoms with Crippen molar-refractivity contribution in [2.24, 2.45) is 0 Å². The maximum atomic E-state index is 13.0. The lowest BCUT2D eigenvalue weighted by molar-refractivity contribution is -0.132. The highest BCUT2D eigenvalue weighted by Gasteiger charge is 2.46. The monoisotopic (exact) mass is 398 g/mol. The summed E-state index contributed by atoms with van der Waals surface area (Å²) in [4.78, 5) is 29.5. The number of hydrogen-bond acceptors (Lipinski definition) is 4. The second-order valence-corrected chi connectivity index (χ2v) is 7.36. The Balaban J connectivity index is 1.92. The van der Waals surface area contributed by atoms with Crippen molar-refractivity contribution in [2.45, 2.75) is 6.04 Å². The Morgan fingerprint density at radius 3 is 1.97 bits per heavy atom. The topological polar surface area (TPSA) is 60.9 Å². The smallest absolute Gasteiger partial charge is 0.300 e. The molecule has 1 fully saturated rings. The average Bonchev–Trinajstić information content (AvgIpc) is 3.05. The zero-order valence-corrected chi connectivity index (χ0v) is 16.8. The third kappa shape index (κ3) is 3.35. The van der Waals surface area contributed by atoms with Crippen LogP contribution in [0.1, 0.15) is 17.2 Å². The largest absolute Gasteiger partial charge is 0.507 e. The van der Waals surface area contributed by atoms with E-state index in [-0.39, 0.29) is 11.3 Å². The van der Waals surface area contributed by atoms with Gasteiger partial charge in [-0.05, 0) is 29.8 Å². The third-order valence-electron chi connectivity index (χ3n) is 5.25. The van der Waals surface area contributed by atoms with Crippen molar-refractivity contribution >= 4 is 28.8 Å². The Morgan fingerprint density at radius 1 is 0.833 bits per heavy atom. The summed E-state index contributed by atoms with van der Waals surface area (Å²) in [6.45, 7) is 0. The van der Waals surface area contributed by atoms with E-state index in [1.54, 1.807) is 36.4 Å². The molecule has 1 N–H and O–H groups in total. The number of carbonyl (C=O) groups excluding carboxylic acids is 2. The molecule has 150 valence electrons. The van der Waals surface area contributed by atoms with Gasteiger partial charge in [-0.1, -0.05) is 60.7 Å². The molecule has 3 aromatic rings. The van der Waals surface area contributed by atoms with Crippen molar-refractivity contribution in [2.75, 3.05) is 23.9 Å². The van der Waals surface area contributed by atoms with E-state index < -0.39 is 17.7 Å². The van der Waals surface area contributed by atoms with E-state index >= 15 is 0 Å². The van der Waals surface area contributed by atoms with E-state index in [2.05, 4.69) is 0 Å². The van der Waals surface area contributed by atoms with Gasteiger partial charge in [0.2, 0.25) is 0 Å². The summed E-state index contributed by atoms with van der Waals surface area (Å²) in [5.74, 6) is -1.52. The number of para-hydroxylation sites is 1. The van der Waals surface area contributed by atoms with Crippen LogP contribution >= 0.6 is 0 Å². The zero-order chi connectivity index (χ0) is 21.3. The Labute approximate surface area is 175 Å². The Hall–Kier alpha value is -3.86. The van der Waals surface area contributed by atoms with Crippen LogP contribution in [0.2, 0.25) is 0 Å². The van der Waals surface area contributed by atoms with E-state index in [0.717, 1.165) is 11.3 Å². The summed E-state index contributed by atoms with van der Waals surface area (Å²) in [7, 11) is 3.89. The standard InChI is InChI=1S/C25H22N2O3/c1-26(2)19-15-13-17(14-16-19)22-21(23(28)18-9-5-3-6-10-18)24(29)25(30)27(22)20-11-7-4-8-12-20/h3-16,22,28H,1-2H3/t22-/m1/s1. The minimum atomic E-state index is -0.719. The van der Waals surface area contributed by atoms with Gasteiger partial charge < -0.3 is 10.0 Å². The summed E-state index contributed by atoms with van der Waals surface area (Å²) >= 11 is 0. The second kappa shape index (κ2) is 7.87. The fourth-order valence-electron chi connectivity index (χ4n) is 3.71. The van der Waals surface area contributed by atoms with Crippen LogP contribution in [0, 0.1) is 0 Å². The number of anilines is 2. The number of carbonyl (C=O) groups is 2. The molecule has 0 radical (unpaired) electrons. The van der Waals surface area contributed by atoms with Crippen molar-refractivity contribution in [1.29, 1.82) is 0 Å². The van der Waals surface area contributed by atoms with Crippen LogP contribution in [0.4, 0.5) is 11.4 Å². The number of amides is 1. The number of nitrogens with zero attached hydrogens (tertiary/aromatic N) is 2. The number of aliphatic hydroxyl groups is 1. The van der Waals surface area contributed by atoms with Crippen LogP contribution in [0.5, 0.6) is 0 Å². The molecule has 3 aromatic carbocycles. The Kier molecular flexibility index (Phi) is 5.11. The highest BCUT2D eigenvalue weighted by molar-refractivity contribution is 6.51. The summed E-state index contributed by atoms with van der Waals surface area (Å²) in [5.41, 5.74) is 2.94. The molecule has 30 heavy (non-hydrogen) atoms. The summed E-state index contributed by atoms with van der Waals surface area (Å²) in [6.07, 6.45) is 0. The van der Waals surface area contributed by atoms with E-state index in [1.165, 1.54) is 4.90 Å². The van der Waals surface area contributed by atoms with Gasteiger partial charge in [-0.3, -0.25) is 14.5 Å². The van der Waals surface area contributed by atoms with Crippen LogP contribution in [0.3, 0.4) is 0 Å². The molecule has 0 spiro atoms. The van der Waals surface area contributed by atoms with E-state index in [1.807, 2.05) is 67.5 Å². The molecule has 0 saturated carbocycles. The van der Waals surface area contributed by atoms with E-state index in [9.17, 15) is 14.7 Å². The normalized spacial score (nSPS) is 17.9. The molecule has 1 heterocycles. The molecular weight excluding hydrogens is 376 g/mol. The Bertz CT molecular complexity index is 1100. The van der Waals surface area contributed by atoms with Gasteiger partial charge in [0, 0.05) is 31.0 Å². The van der Waals surface area contributed by atoms with Crippen LogP contribution in [0.25, 0.3) is 5.76 Å². The number of Topliss-reactive ketones (excluding diaryl/α,β-unsaturated/α-hetero) is 1. The number of hydrogen-bond donors (Lipinski definition) is 1. The zero-order valence-electron chi connectivity index (χ0n) is 16.8. The van der Waals surface area contributed by atoms with E-state index in [4.69, 9.17) is 0 Å². The summed E-state index contributed by atoms with van der Waals surface area (Å²) in [6, 6.07) is 24.8. The number of benzene rings is 3. The van der Waals surface area contributed by atoms with Crippen molar-refractivity contribution in [1.82, 2.24) is 0 Å². The Morgan fingerprint density at radius 2 is 1.40 bits per heavy atom. The molecule has 0 aliphatic carbocycles. The fourth-order valence-corrected chi connectivity index (χ4v) is 3.71. The van der Waals surface area contributed by atoms with Gasteiger partial charge in [0.05, 0.1) is 11.6 Å². The molecule has 1 amide bonds. The van der Waals surface area contributed by atoms with Crippen molar-refractivity contribution in [3.8, 4) is 0 Å². The lowest BCUT2D eigenvalue weighted by Crippen LogP contribution is -2.29. The molecule has 1 saturated heterocycles. The SMILES string of the molecule is CN(C)c1ccc([C@@H]2C(=C(O)c3ccccc3)C(=O)C(=O)N2c2ccccc2)cc1. The average molecular weight is 398 g/mol. The predicted octanol–water partition coefficient (Wildman–Crippen LogP) is 4.38. The first-order valence-corrected chi connectivity index (χ1v) is 9.68. The summed E-state index contributed by atoms with van der Waals surface area (Å²) < 4.78 is 0. The van der Waals surface area contributed by atoms with E-state index in [0.29, 0.717) is 11.3 Å². The van der Waals surface area contributed by atoms with Crippen LogP contribution in [-0.4, -0.2) is 30.9 Å². The van der Waals surface area contributed by atoms with Crippen molar-refractivity contribution in [3.05, 3.63) is 102 Å². The minimum Gasteiger partial charge on any atom is -0.507 e. The van der Waals surface area contributed by atoms with Crippen molar-refractivity contribution in [3.63, 3.8) is 0 Å². The number of rotatable bonds is 4. The van der Waals surface area contributed by atoms with Crippen LogP contribution < -0.4 is 9.80 Å². The maximum absolute atomic E-state index is 13.0. The number of aliphatic hydroxyl groups excluding tert-OH is 1. The van der Waals surface area contributed by atoms with Gasteiger partial charge in [-0.15, -0.1) is 0 Å². The lowest BCUT2D eigenvalue weighted by atomic mass is 9.95. The second-order valence-electron chi connectivity index (χ2n) is 7.36. The predicted molar refractivity (Wildman–Crippen MR) is 118 cm³/mol. The van der Waals surface area contributed by atoms with Gasteiger partial charge in [0.25, 0.3) is 11.7 Å². The fraction of sp³-hybridized carbons (Fsp3) is 0.120. The van der Waals surface area contributed by atoms with Gasteiger partial charge in [-0.25, -0.2) is 0 Å². The first-order valence-electron chi connectivity index (χ1n) is 9.68. The minimum absolute atomic E-state index is 0.0904. The first kappa shape index (κ1) is 19.5. The number of ketones is 1. The highest BCUT2D eigenvalue weighted by Crippen LogP contribution is 2.42. The highest BCUT2D eigenvalue weighted by atomic mass is 16.3. The van der Waals surface area contributed by atoms with Crippen molar-refractivity contribution < 1.29 is 14.7 Å². The molecule has 5 nitrogen and oxygen atoms in total. The first-order chi connectivity index (χ1) is 14.5. The maximum Gasteiger partial charge on any atom is 0.300 e. The molecule has 0 unspecified atom stereocenters. The molecule has 0 bridgehead atoms. The molecule has 4 rings (SSSR count). The molecule has 1 atom stereocenters. The molecular formula is C25H22N2O3. The van der Waals surface area contributed by atoms with Crippen LogP contribution in [-0.2, 0) is 9.59 Å². The quantitative estimate of drug-likeness (QED) is 0.403. The van der Waals surface area contributed by atoms with Gasteiger partial charge in [0.15, 0.2) is 0 Å². The molecule has 1 aliphatic rings. The lowest BCUT2D eigenvalue weighted by Gasteiger charge is -2.26.